The number of aromatic nitrogens is 1. The largest absolute Gasteiger partial charge is 0.491 e. The van der Waals surface area contributed by atoms with Crippen molar-refractivity contribution in [1.82, 2.24) is 15.6 Å². The van der Waals surface area contributed by atoms with Gasteiger partial charge in [0.05, 0.1) is 12.3 Å². The fraction of sp³-hybridized carbons (Fsp3) is 0.286. The zero-order valence-corrected chi connectivity index (χ0v) is 19.5. The molecule has 1 amide bonds. The number of pyridine rings is 1. The van der Waals surface area contributed by atoms with Crippen molar-refractivity contribution >= 4 is 39.8 Å². The molecular formula is C21H26N4O5S2. The minimum absolute atomic E-state index is 0.0293. The lowest BCUT2D eigenvalue weighted by Gasteiger charge is -2.07. The van der Waals surface area contributed by atoms with Crippen molar-refractivity contribution in [3.63, 3.8) is 0 Å². The fourth-order valence-electron chi connectivity index (χ4n) is 2.13. The molecule has 172 valence electrons. The minimum Gasteiger partial charge on any atom is -0.491 e. The van der Waals surface area contributed by atoms with Gasteiger partial charge in [0.2, 0.25) is 11.0 Å². The van der Waals surface area contributed by atoms with E-state index in [9.17, 15) is 13.2 Å². The second kappa shape index (κ2) is 16.5. The molecule has 0 atom stereocenters. The maximum Gasteiger partial charge on any atom is 0.318 e. The van der Waals surface area contributed by atoms with Crippen LogP contribution in [0, 0.1) is 0 Å². The number of methoxy groups -OCH3 is 1. The molecule has 0 spiro atoms. The number of carbonyl (C=O) groups is 1. The van der Waals surface area contributed by atoms with Gasteiger partial charge in [0.25, 0.3) is 0 Å². The Bertz CT molecular complexity index is 987. The molecule has 1 heterocycles. The van der Waals surface area contributed by atoms with Gasteiger partial charge >= 0.3 is 10.5 Å². The van der Waals surface area contributed by atoms with Crippen molar-refractivity contribution in [3.05, 3.63) is 66.0 Å². The Kier molecular flexibility index (Phi) is 13.9. The van der Waals surface area contributed by atoms with Gasteiger partial charge in [0.1, 0.15) is 12.4 Å². The van der Waals surface area contributed by atoms with Crippen LogP contribution in [0.3, 0.4) is 0 Å². The van der Waals surface area contributed by atoms with Crippen molar-refractivity contribution in [2.45, 2.75) is 6.42 Å². The van der Waals surface area contributed by atoms with Crippen molar-refractivity contribution in [2.24, 2.45) is 4.36 Å². The van der Waals surface area contributed by atoms with Crippen LogP contribution in [0.5, 0.6) is 5.75 Å². The van der Waals surface area contributed by atoms with E-state index in [1.165, 1.54) is 13.1 Å². The summed E-state index contributed by atoms with van der Waals surface area (Å²) in [4.78, 5) is 15.9. The Morgan fingerprint density at radius 1 is 1.19 bits per heavy atom. The van der Waals surface area contributed by atoms with Crippen LogP contribution in [0.15, 0.2) is 59.1 Å². The maximum absolute atomic E-state index is 11.7. The average Bonchev–Trinajstić information content (AvgIpc) is 2.79. The molecule has 1 aromatic heterocycles. The topological polar surface area (TPSA) is 119 Å². The first-order valence-corrected chi connectivity index (χ1v) is 11.0. The molecule has 0 saturated carbocycles. The number of hydrogen-bond donors (Lipinski definition) is 2. The summed E-state index contributed by atoms with van der Waals surface area (Å²) in [5, 5.41) is 5.20. The molecular weight excluding hydrogens is 452 g/mol. The molecule has 11 heteroatoms. The second-order valence-corrected chi connectivity index (χ2v) is 6.98. The molecule has 2 aromatic rings. The number of carbonyl (C=O) groups excluding carboxylic acids is 1. The lowest BCUT2D eigenvalue weighted by molar-refractivity contribution is -0.116. The zero-order valence-electron chi connectivity index (χ0n) is 17.9. The van der Waals surface area contributed by atoms with Gasteiger partial charge in [-0.3, -0.25) is 9.78 Å². The predicted octanol–water partition coefficient (Wildman–Crippen LogP) is 2.03. The van der Waals surface area contributed by atoms with Gasteiger partial charge in [-0.1, -0.05) is 18.2 Å². The summed E-state index contributed by atoms with van der Waals surface area (Å²) in [6.07, 6.45) is 5.65. The molecule has 0 aliphatic carbocycles. The van der Waals surface area contributed by atoms with Gasteiger partial charge in [-0.05, 0) is 54.5 Å². The number of rotatable bonds is 9. The predicted molar refractivity (Wildman–Crippen MR) is 127 cm³/mol. The highest BCUT2D eigenvalue weighted by atomic mass is 32.2. The molecule has 9 nitrogen and oxygen atoms in total. The number of benzene rings is 1. The summed E-state index contributed by atoms with van der Waals surface area (Å²) in [5.41, 5.74) is 1.90. The fourth-order valence-corrected chi connectivity index (χ4v) is 2.54. The van der Waals surface area contributed by atoms with Crippen LogP contribution in [0.2, 0.25) is 0 Å². The molecule has 1 aromatic carbocycles. The Balaban J connectivity index is 0.000000547. The van der Waals surface area contributed by atoms with E-state index in [1.54, 1.807) is 19.4 Å². The molecule has 2 rings (SSSR count). The first-order chi connectivity index (χ1) is 15.4. The third-order valence-corrected chi connectivity index (χ3v) is 4.40. The zero-order chi connectivity index (χ0) is 23.6. The number of nitrogens with one attached hydrogen (secondary N) is 2. The molecule has 0 radical (unpaired) electrons. The number of ether oxygens (including phenoxy) is 2. The van der Waals surface area contributed by atoms with E-state index in [0.29, 0.717) is 19.8 Å². The highest BCUT2D eigenvalue weighted by Crippen LogP contribution is 2.12. The Morgan fingerprint density at radius 3 is 2.50 bits per heavy atom. The standard InChI is InChI=1S/C19H22N2O3.C2H4N2O2S2/c1-23-14-15-24-18-8-5-16(6-9-18)11-13-21-19(22)10-7-17-4-2-3-12-20-17;1-3-2(7)4-8(5)6/h2-10,12H,11,13-15H2,1H3,(H,21,22);1H3,(H,3,7). The van der Waals surface area contributed by atoms with Crippen LogP contribution in [-0.4, -0.2) is 58.3 Å². The smallest absolute Gasteiger partial charge is 0.318 e. The van der Waals surface area contributed by atoms with E-state index in [-0.39, 0.29) is 11.0 Å². The molecule has 0 aliphatic rings. The minimum atomic E-state index is -2.42. The lowest BCUT2D eigenvalue weighted by Crippen LogP contribution is -2.23. The monoisotopic (exact) mass is 478 g/mol. The maximum atomic E-state index is 11.7. The summed E-state index contributed by atoms with van der Waals surface area (Å²) in [5.74, 6) is 0.693. The van der Waals surface area contributed by atoms with Gasteiger partial charge < -0.3 is 20.1 Å². The average molecular weight is 479 g/mol. The first-order valence-electron chi connectivity index (χ1n) is 9.55. The van der Waals surface area contributed by atoms with Crippen LogP contribution in [0.25, 0.3) is 6.08 Å². The lowest BCUT2D eigenvalue weighted by atomic mass is 10.1. The molecule has 0 bridgehead atoms. The molecule has 0 saturated heterocycles. The summed E-state index contributed by atoms with van der Waals surface area (Å²) < 4.78 is 32.7. The van der Waals surface area contributed by atoms with Crippen LogP contribution < -0.4 is 15.4 Å². The SMILES string of the molecule is CNC(=S)N=S(=O)=O.COCCOc1ccc(CCNC(=O)C=Cc2ccccn2)cc1. The van der Waals surface area contributed by atoms with Gasteiger partial charge in [-0.25, -0.2) is 0 Å². The number of hydrogen-bond acceptors (Lipinski definition) is 7. The highest BCUT2D eigenvalue weighted by molar-refractivity contribution is 7.81. The second-order valence-electron chi connectivity index (χ2n) is 5.98. The molecule has 32 heavy (non-hydrogen) atoms. The Labute approximate surface area is 194 Å². The van der Waals surface area contributed by atoms with Crippen molar-refractivity contribution in [1.29, 1.82) is 0 Å². The first kappa shape index (κ1) is 26.9. The van der Waals surface area contributed by atoms with E-state index in [2.05, 4.69) is 32.2 Å². The van der Waals surface area contributed by atoms with Gasteiger partial charge in [0.15, 0.2) is 0 Å². The molecule has 0 unspecified atom stereocenters. The number of amides is 1. The van der Waals surface area contributed by atoms with Crippen LogP contribution in [0.4, 0.5) is 0 Å². The quantitative estimate of drug-likeness (QED) is 0.319. The summed E-state index contributed by atoms with van der Waals surface area (Å²) in [6, 6.07) is 13.4. The van der Waals surface area contributed by atoms with Gasteiger partial charge in [-0.15, -0.1) is 4.36 Å². The summed E-state index contributed by atoms with van der Waals surface area (Å²) in [6.45, 7) is 1.68. The van der Waals surface area contributed by atoms with Crippen LogP contribution in [-0.2, 0) is 26.5 Å². The molecule has 0 aliphatic heterocycles. The highest BCUT2D eigenvalue weighted by Gasteiger charge is 1.98. The van der Waals surface area contributed by atoms with Gasteiger partial charge in [-0.2, -0.15) is 8.42 Å². The van der Waals surface area contributed by atoms with Crippen LogP contribution >= 0.6 is 12.2 Å². The van der Waals surface area contributed by atoms with Gasteiger partial charge in [0, 0.05) is 33.0 Å². The third-order valence-electron chi connectivity index (χ3n) is 3.66. The Hall–Kier alpha value is -3.15. The van der Waals surface area contributed by atoms with E-state index >= 15 is 0 Å². The molecule has 0 fully saturated rings. The number of thiocarbonyl (C=S) groups is 1. The van der Waals surface area contributed by atoms with Crippen molar-refractivity contribution in [2.75, 3.05) is 33.9 Å². The van der Waals surface area contributed by atoms with Crippen LogP contribution in [0.1, 0.15) is 11.3 Å². The third kappa shape index (κ3) is 13.2. The van der Waals surface area contributed by atoms with E-state index in [1.807, 2.05) is 42.5 Å². The van der Waals surface area contributed by atoms with Crippen molar-refractivity contribution in [3.8, 4) is 5.75 Å². The van der Waals surface area contributed by atoms with E-state index in [4.69, 9.17) is 9.47 Å². The number of nitrogens with zero attached hydrogens (tertiary/aromatic N) is 2. The normalized spacial score (nSPS) is 9.94. The summed E-state index contributed by atoms with van der Waals surface area (Å²) in [7, 11) is 0.720. The van der Waals surface area contributed by atoms with E-state index < -0.39 is 10.5 Å². The van der Waals surface area contributed by atoms with E-state index in [0.717, 1.165) is 23.4 Å². The Morgan fingerprint density at radius 2 is 1.94 bits per heavy atom. The van der Waals surface area contributed by atoms with Crippen molar-refractivity contribution < 1.29 is 22.7 Å². The molecule has 2 N–H and O–H groups in total. The summed E-state index contributed by atoms with van der Waals surface area (Å²) >= 11 is 4.36.